The SMILES string of the molecule is CCC(=Nc1c(F)c(F)c(F)c(F)c1F)c1cccc(C(C)(C)C)c1[O-].CCC(=Nc1c(F)c(F)c(F)c(F)c1F)c1cccc(C(C)(C)C)c1[O-].[Cl-].[Cl-].[Ti+4]. The van der Waals surface area contributed by atoms with E-state index in [1.54, 1.807) is 38.1 Å². The van der Waals surface area contributed by atoms with Crippen LogP contribution in [0.4, 0.5) is 55.3 Å². The number of aliphatic imine (C=N–C) groups is 2. The van der Waals surface area contributed by atoms with Crippen molar-refractivity contribution in [1.29, 1.82) is 0 Å². The van der Waals surface area contributed by atoms with Crippen LogP contribution in [0.15, 0.2) is 46.4 Å². The van der Waals surface area contributed by atoms with Gasteiger partial charge in [0, 0.05) is 11.4 Å². The molecule has 0 aliphatic rings. The van der Waals surface area contributed by atoms with Gasteiger partial charge in [0.25, 0.3) is 0 Å². The van der Waals surface area contributed by atoms with Gasteiger partial charge >= 0.3 is 21.7 Å². The van der Waals surface area contributed by atoms with Crippen molar-refractivity contribution in [1.82, 2.24) is 0 Å². The van der Waals surface area contributed by atoms with Gasteiger partial charge in [-0.05, 0) is 45.9 Å². The van der Waals surface area contributed by atoms with Crippen molar-refractivity contribution < 1.29 is 101 Å². The average molecular weight is 859 g/mol. The summed E-state index contributed by atoms with van der Waals surface area (Å²) in [6.45, 7) is 14.0. The molecular formula is C38H34Cl2F10N2O2Ti. The minimum absolute atomic E-state index is 0. The molecule has 296 valence electrons. The van der Waals surface area contributed by atoms with Crippen LogP contribution in [0.1, 0.15) is 90.5 Å². The van der Waals surface area contributed by atoms with Crippen LogP contribution in [0.25, 0.3) is 0 Å². The first-order chi connectivity index (χ1) is 24.0. The summed E-state index contributed by atoms with van der Waals surface area (Å²) in [5.41, 5.74) is -2.70. The maximum atomic E-state index is 13.9. The second-order valence-corrected chi connectivity index (χ2v) is 13.5. The Bertz CT molecular complexity index is 1880. The molecule has 0 saturated heterocycles. The van der Waals surface area contributed by atoms with Crippen molar-refractivity contribution in [3.05, 3.63) is 117 Å². The van der Waals surface area contributed by atoms with Crippen LogP contribution in [0.3, 0.4) is 0 Å². The van der Waals surface area contributed by atoms with E-state index in [1.807, 2.05) is 41.5 Å². The van der Waals surface area contributed by atoms with E-state index in [9.17, 15) is 54.1 Å². The van der Waals surface area contributed by atoms with Crippen LogP contribution in [-0.2, 0) is 32.5 Å². The fraction of sp³-hybridized carbons (Fsp3) is 0.316. The van der Waals surface area contributed by atoms with E-state index in [2.05, 4.69) is 9.98 Å². The quantitative estimate of drug-likeness (QED) is 0.0939. The Kier molecular flexibility index (Phi) is 18.7. The summed E-state index contributed by atoms with van der Waals surface area (Å²) in [6, 6.07) is 9.23. The van der Waals surface area contributed by atoms with Crippen LogP contribution in [-0.4, -0.2) is 11.4 Å². The Labute approximate surface area is 339 Å². The molecule has 4 aromatic rings. The number of para-hydroxylation sites is 2. The molecule has 0 fully saturated rings. The standard InChI is InChI=1S/2C19H18F5NO.2ClH.Ti/c2*1-5-11(9-7-6-8-10(18(9)26)19(2,3)4)25-17-15(23)13(21)12(20)14(22)16(17)24;;;/h2*6-8,26H,5H2,1-4H3;2*1H;/q;;;;+4/p-4. The van der Waals surface area contributed by atoms with Crippen molar-refractivity contribution in [3.63, 3.8) is 0 Å². The zero-order valence-corrected chi connectivity index (χ0v) is 33.7. The summed E-state index contributed by atoms with van der Waals surface area (Å²) in [4.78, 5) is 7.23. The van der Waals surface area contributed by atoms with Crippen molar-refractivity contribution in [3.8, 4) is 11.5 Å². The van der Waals surface area contributed by atoms with E-state index in [-0.39, 0.29) is 81.9 Å². The predicted molar refractivity (Wildman–Crippen MR) is 175 cm³/mol. The third-order valence-corrected chi connectivity index (χ3v) is 7.80. The summed E-state index contributed by atoms with van der Waals surface area (Å²) in [5.74, 6) is -21.8. The maximum absolute atomic E-state index is 13.9. The van der Waals surface area contributed by atoms with Gasteiger partial charge in [0.05, 0.1) is 0 Å². The molecule has 0 spiro atoms. The van der Waals surface area contributed by atoms with Crippen LogP contribution in [0.5, 0.6) is 11.5 Å². The van der Waals surface area contributed by atoms with E-state index >= 15 is 0 Å². The molecule has 4 rings (SSSR count). The fourth-order valence-electron chi connectivity index (χ4n) is 5.02. The monoisotopic (exact) mass is 858 g/mol. The number of hydrogen-bond acceptors (Lipinski definition) is 4. The largest absolute Gasteiger partial charge is 4.00 e. The molecule has 55 heavy (non-hydrogen) atoms. The van der Waals surface area contributed by atoms with Crippen LogP contribution in [0.2, 0.25) is 0 Å². The van der Waals surface area contributed by atoms with Gasteiger partial charge < -0.3 is 35.0 Å². The Morgan fingerprint density at radius 2 is 0.709 bits per heavy atom. The fourth-order valence-corrected chi connectivity index (χ4v) is 5.02. The molecule has 0 amide bonds. The molecule has 0 unspecified atom stereocenters. The third-order valence-electron chi connectivity index (χ3n) is 7.80. The molecule has 17 heteroatoms. The Morgan fingerprint density at radius 3 is 0.927 bits per heavy atom. The van der Waals surface area contributed by atoms with E-state index in [4.69, 9.17) is 0 Å². The zero-order valence-electron chi connectivity index (χ0n) is 30.6. The van der Waals surface area contributed by atoms with Crippen LogP contribution < -0.4 is 35.0 Å². The van der Waals surface area contributed by atoms with Gasteiger partial charge in [0.2, 0.25) is 11.6 Å². The normalized spacial score (nSPS) is 11.9. The summed E-state index contributed by atoms with van der Waals surface area (Å²) >= 11 is 0. The summed E-state index contributed by atoms with van der Waals surface area (Å²) < 4.78 is 135. The molecule has 0 aromatic heterocycles. The Morgan fingerprint density at radius 1 is 0.473 bits per heavy atom. The molecule has 4 nitrogen and oxygen atoms in total. The van der Waals surface area contributed by atoms with Crippen molar-refractivity contribution in [2.45, 2.75) is 79.1 Å². The molecule has 0 radical (unpaired) electrons. The first kappa shape index (κ1) is 51.4. The first-order valence-corrected chi connectivity index (χ1v) is 15.8. The Balaban J connectivity index is 0.00000101. The summed E-state index contributed by atoms with van der Waals surface area (Å²) in [5, 5.41) is 25.4. The number of benzene rings is 4. The number of nitrogens with zero attached hydrogens (tertiary/aromatic N) is 2. The van der Waals surface area contributed by atoms with E-state index in [1.165, 1.54) is 12.1 Å². The first-order valence-electron chi connectivity index (χ1n) is 15.8. The molecule has 0 N–H and O–H groups in total. The van der Waals surface area contributed by atoms with Gasteiger partial charge in [-0.1, -0.05) is 103 Å². The molecular weight excluding hydrogens is 825 g/mol. The number of rotatable bonds is 6. The maximum Gasteiger partial charge on any atom is 4.00 e. The minimum atomic E-state index is -2.25. The number of halogens is 12. The molecule has 4 aromatic carbocycles. The van der Waals surface area contributed by atoms with Gasteiger partial charge in [-0.2, -0.15) is 0 Å². The van der Waals surface area contributed by atoms with Gasteiger partial charge in [0.15, 0.2) is 46.5 Å². The van der Waals surface area contributed by atoms with Crippen LogP contribution in [0, 0.1) is 58.2 Å². The molecule has 0 saturated carbocycles. The molecule has 0 aliphatic carbocycles. The van der Waals surface area contributed by atoms with E-state index in [0.717, 1.165) is 0 Å². The average Bonchev–Trinajstić information content (AvgIpc) is 3.08. The van der Waals surface area contributed by atoms with E-state index < -0.39 is 91.9 Å². The topological polar surface area (TPSA) is 70.8 Å². The second-order valence-electron chi connectivity index (χ2n) is 13.5. The summed E-state index contributed by atoms with van der Waals surface area (Å²) in [6.07, 6.45) is 0.116. The molecule has 0 heterocycles. The van der Waals surface area contributed by atoms with Crippen molar-refractivity contribution in [2.75, 3.05) is 0 Å². The minimum Gasteiger partial charge on any atom is -1.00 e. The summed E-state index contributed by atoms with van der Waals surface area (Å²) in [7, 11) is 0. The molecule has 0 aliphatic heterocycles. The molecule has 0 bridgehead atoms. The molecule has 0 atom stereocenters. The van der Waals surface area contributed by atoms with Gasteiger partial charge in [-0.3, -0.25) is 0 Å². The third kappa shape index (κ3) is 10.8. The van der Waals surface area contributed by atoms with E-state index in [0.29, 0.717) is 11.1 Å². The van der Waals surface area contributed by atoms with Crippen LogP contribution >= 0.6 is 0 Å². The second kappa shape index (κ2) is 20.0. The van der Waals surface area contributed by atoms with Gasteiger partial charge in [-0.15, -0.1) is 0 Å². The van der Waals surface area contributed by atoms with Gasteiger partial charge in [0.1, 0.15) is 11.4 Å². The zero-order chi connectivity index (χ0) is 39.6. The number of hydrogen-bond donors (Lipinski definition) is 0. The predicted octanol–water partition coefficient (Wildman–Crippen LogP) is 4.57. The Hall–Kier alpha value is -3.59. The smallest absolute Gasteiger partial charge is 1.00 e. The van der Waals surface area contributed by atoms with Gasteiger partial charge in [-0.25, -0.2) is 53.9 Å². The van der Waals surface area contributed by atoms with Crippen molar-refractivity contribution in [2.24, 2.45) is 9.98 Å². The van der Waals surface area contributed by atoms with Crippen molar-refractivity contribution >= 4 is 22.8 Å².